The van der Waals surface area contributed by atoms with Crippen LogP contribution in [0.3, 0.4) is 0 Å². The van der Waals surface area contributed by atoms with E-state index in [1.54, 1.807) is 0 Å². The molecule has 0 spiro atoms. The molecule has 0 radical (unpaired) electrons. The van der Waals surface area contributed by atoms with Gasteiger partial charge in [-0.15, -0.1) is 0 Å². The molecule has 0 unspecified atom stereocenters. The number of nitrogens with zero attached hydrogens (tertiary/aromatic N) is 3. The van der Waals surface area contributed by atoms with Crippen molar-refractivity contribution in [2.45, 2.75) is 44.7 Å². The molecule has 0 aliphatic heterocycles. The van der Waals surface area contributed by atoms with Crippen molar-refractivity contribution < 1.29 is 4.79 Å². The Balaban J connectivity index is 2.55. The van der Waals surface area contributed by atoms with Crippen LogP contribution in [0.5, 0.6) is 0 Å². The van der Waals surface area contributed by atoms with Crippen LogP contribution in [0.4, 0.5) is 0 Å². The molecular formula is C8H14N4O. The standard InChI is InChI=1S/C8H14N4O/c1-6(13)10-7-4-2-3-5-8(7)11-12-9/h7-8H,2-5H2,1H3,(H,10,13)/t7-,8-/m1/s1. The fourth-order valence-corrected chi connectivity index (χ4v) is 1.75. The van der Waals surface area contributed by atoms with E-state index in [4.69, 9.17) is 5.53 Å². The van der Waals surface area contributed by atoms with E-state index in [0.29, 0.717) is 0 Å². The molecule has 1 N–H and O–H groups in total. The lowest BCUT2D eigenvalue weighted by atomic mass is 9.91. The monoisotopic (exact) mass is 182 g/mol. The Morgan fingerprint density at radius 3 is 2.85 bits per heavy atom. The molecule has 1 aliphatic carbocycles. The van der Waals surface area contributed by atoms with Crippen molar-refractivity contribution in [1.82, 2.24) is 5.32 Å². The number of amides is 1. The number of carbonyl (C=O) groups excluding carboxylic acids is 1. The summed E-state index contributed by atoms with van der Waals surface area (Å²) in [5.74, 6) is -0.0509. The number of carbonyl (C=O) groups is 1. The highest BCUT2D eigenvalue weighted by Gasteiger charge is 2.24. The Kier molecular flexibility index (Phi) is 3.58. The van der Waals surface area contributed by atoms with Gasteiger partial charge in [-0.05, 0) is 18.4 Å². The number of hydrogen-bond acceptors (Lipinski definition) is 2. The summed E-state index contributed by atoms with van der Waals surface area (Å²) in [6.45, 7) is 1.49. The Bertz CT molecular complexity index is 234. The maximum atomic E-state index is 10.8. The number of rotatable bonds is 2. The van der Waals surface area contributed by atoms with Gasteiger partial charge >= 0.3 is 0 Å². The predicted octanol–water partition coefficient (Wildman–Crippen LogP) is 1.74. The number of azide groups is 1. The lowest BCUT2D eigenvalue weighted by molar-refractivity contribution is -0.120. The quantitative estimate of drug-likeness (QED) is 0.394. The Morgan fingerprint density at radius 1 is 1.54 bits per heavy atom. The summed E-state index contributed by atoms with van der Waals surface area (Å²) in [5.41, 5.74) is 8.32. The molecule has 0 aromatic heterocycles. The van der Waals surface area contributed by atoms with Crippen LogP contribution in [-0.2, 0) is 4.79 Å². The summed E-state index contributed by atoms with van der Waals surface area (Å²) in [7, 11) is 0. The van der Waals surface area contributed by atoms with Crippen LogP contribution in [-0.4, -0.2) is 18.0 Å². The fourth-order valence-electron chi connectivity index (χ4n) is 1.75. The van der Waals surface area contributed by atoms with E-state index in [9.17, 15) is 4.79 Å². The van der Waals surface area contributed by atoms with Crippen LogP contribution < -0.4 is 5.32 Å². The van der Waals surface area contributed by atoms with E-state index >= 15 is 0 Å². The minimum atomic E-state index is -0.0531. The third kappa shape index (κ3) is 2.95. The summed E-state index contributed by atoms with van der Waals surface area (Å²) in [5, 5.41) is 6.50. The van der Waals surface area contributed by atoms with Gasteiger partial charge in [-0.3, -0.25) is 4.79 Å². The average molecular weight is 182 g/mol. The highest BCUT2D eigenvalue weighted by molar-refractivity contribution is 5.73. The van der Waals surface area contributed by atoms with Gasteiger partial charge in [-0.25, -0.2) is 0 Å². The first-order valence-electron chi connectivity index (χ1n) is 4.55. The minimum absolute atomic E-state index is 0.0437. The third-order valence-electron chi connectivity index (χ3n) is 2.32. The summed E-state index contributed by atoms with van der Waals surface area (Å²) >= 11 is 0. The summed E-state index contributed by atoms with van der Waals surface area (Å²) in [6, 6.07) is -0.00944. The molecule has 5 nitrogen and oxygen atoms in total. The van der Waals surface area contributed by atoms with E-state index in [1.165, 1.54) is 6.92 Å². The van der Waals surface area contributed by atoms with Gasteiger partial charge in [0.2, 0.25) is 5.91 Å². The number of nitrogens with one attached hydrogen (secondary N) is 1. The van der Waals surface area contributed by atoms with Crippen LogP contribution in [0.25, 0.3) is 10.4 Å². The lowest BCUT2D eigenvalue weighted by Gasteiger charge is -2.28. The Hall–Kier alpha value is -1.22. The minimum Gasteiger partial charge on any atom is -0.353 e. The lowest BCUT2D eigenvalue weighted by Crippen LogP contribution is -2.43. The van der Waals surface area contributed by atoms with Crippen molar-refractivity contribution in [2.75, 3.05) is 0 Å². The molecule has 1 saturated carbocycles. The fraction of sp³-hybridized carbons (Fsp3) is 0.875. The van der Waals surface area contributed by atoms with Crippen molar-refractivity contribution in [3.63, 3.8) is 0 Å². The van der Waals surface area contributed by atoms with Gasteiger partial charge in [0.1, 0.15) is 0 Å². The SMILES string of the molecule is CC(=O)N[C@@H]1CCCC[C@H]1N=[N+]=[N-]. The molecule has 1 amide bonds. The molecule has 0 aromatic rings. The predicted molar refractivity (Wildman–Crippen MR) is 49.0 cm³/mol. The van der Waals surface area contributed by atoms with Crippen molar-refractivity contribution in [2.24, 2.45) is 5.11 Å². The highest BCUT2D eigenvalue weighted by atomic mass is 16.1. The Labute approximate surface area is 77.1 Å². The van der Waals surface area contributed by atoms with Crippen molar-refractivity contribution in [3.05, 3.63) is 10.4 Å². The van der Waals surface area contributed by atoms with Crippen LogP contribution in [0, 0.1) is 0 Å². The Morgan fingerprint density at radius 2 is 2.23 bits per heavy atom. The highest BCUT2D eigenvalue weighted by Crippen LogP contribution is 2.21. The van der Waals surface area contributed by atoms with Gasteiger partial charge in [-0.1, -0.05) is 18.0 Å². The van der Waals surface area contributed by atoms with E-state index in [1.807, 2.05) is 0 Å². The van der Waals surface area contributed by atoms with Crippen LogP contribution in [0.1, 0.15) is 32.6 Å². The molecule has 0 aromatic carbocycles. The van der Waals surface area contributed by atoms with E-state index in [2.05, 4.69) is 15.3 Å². The average Bonchev–Trinajstić information content (AvgIpc) is 2.08. The first-order valence-corrected chi connectivity index (χ1v) is 4.55. The van der Waals surface area contributed by atoms with Crippen molar-refractivity contribution in [1.29, 1.82) is 0 Å². The van der Waals surface area contributed by atoms with Crippen LogP contribution in [0.2, 0.25) is 0 Å². The van der Waals surface area contributed by atoms with Gasteiger partial charge in [0.05, 0.1) is 6.04 Å². The molecule has 72 valence electrons. The summed E-state index contributed by atoms with van der Waals surface area (Å²) in [4.78, 5) is 13.6. The molecule has 2 atom stereocenters. The molecular weight excluding hydrogens is 168 g/mol. The second-order valence-corrected chi connectivity index (χ2v) is 3.36. The molecule has 0 bridgehead atoms. The van der Waals surface area contributed by atoms with Gasteiger partial charge < -0.3 is 5.32 Å². The van der Waals surface area contributed by atoms with Crippen LogP contribution in [0.15, 0.2) is 5.11 Å². The van der Waals surface area contributed by atoms with E-state index in [-0.39, 0.29) is 18.0 Å². The zero-order chi connectivity index (χ0) is 9.68. The van der Waals surface area contributed by atoms with Crippen molar-refractivity contribution >= 4 is 5.91 Å². The first kappa shape index (κ1) is 9.86. The summed E-state index contributed by atoms with van der Waals surface area (Å²) in [6.07, 6.45) is 3.99. The summed E-state index contributed by atoms with van der Waals surface area (Å²) < 4.78 is 0. The molecule has 1 aliphatic rings. The van der Waals surface area contributed by atoms with Gasteiger partial charge in [-0.2, -0.15) is 0 Å². The first-order chi connectivity index (χ1) is 6.24. The second kappa shape index (κ2) is 4.72. The van der Waals surface area contributed by atoms with Crippen LogP contribution >= 0.6 is 0 Å². The zero-order valence-electron chi connectivity index (χ0n) is 7.73. The largest absolute Gasteiger partial charge is 0.353 e. The van der Waals surface area contributed by atoms with Gasteiger partial charge in [0, 0.05) is 17.9 Å². The zero-order valence-corrected chi connectivity index (χ0v) is 7.73. The molecule has 1 fully saturated rings. The van der Waals surface area contributed by atoms with Gasteiger partial charge in [0.25, 0.3) is 0 Å². The van der Waals surface area contributed by atoms with Gasteiger partial charge in [0.15, 0.2) is 0 Å². The molecule has 1 rings (SSSR count). The second-order valence-electron chi connectivity index (χ2n) is 3.36. The maximum absolute atomic E-state index is 10.8. The smallest absolute Gasteiger partial charge is 0.217 e. The topological polar surface area (TPSA) is 77.9 Å². The normalized spacial score (nSPS) is 27.5. The number of hydrogen-bond donors (Lipinski definition) is 1. The third-order valence-corrected chi connectivity index (χ3v) is 2.32. The van der Waals surface area contributed by atoms with E-state index in [0.717, 1.165) is 25.7 Å². The maximum Gasteiger partial charge on any atom is 0.217 e. The molecule has 13 heavy (non-hydrogen) atoms. The van der Waals surface area contributed by atoms with E-state index < -0.39 is 0 Å². The molecule has 5 heteroatoms. The van der Waals surface area contributed by atoms with Crippen molar-refractivity contribution in [3.8, 4) is 0 Å². The molecule has 0 saturated heterocycles. The molecule has 0 heterocycles.